The molecule has 0 spiro atoms. The standard InChI is InChI=1S/C61H104O12/c1-4-7-10-13-16-19-21-23-25-26-27-28-30-31-33-36-38-41-44-47-53(62)69-50-52(71-54(63)48-45-42-39-35-18-15-12-9-6-3)51-70-61-59(57(66)56(65)58(73-61)60(67)68)72-55(64)49-46-43-40-37-34-32-29-24-22-20-17-14-11-8-5-2/h8,11,17,20,23-25,29,34,37,52,56-59,61,65-66H,4-7,9-10,12-16,18-19,21-22,26-28,30-33,35-36,38-51H2,1-3H3,(H,67,68)/b11-8-,20-17-,25-23-,29-24-,37-34-. The number of hydrogen-bond donors (Lipinski definition) is 3. The highest BCUT2D eigenvalue weighted by Gasteiger charge is 2.50. The summed E-state index contributed by atoms with van der Waals surface area (Å²) in [6.45, 7) is 5.83. The summed E-state index contributed by atoms with van der Waals surface area (Å²) >= 11 is 0. The molecule has 0 aliphatic carbocycles. The van der Waals surface area contributed by atoms with E-state index in [2.05, 4.69) is 81.5 Å². The molecule has 1 rings (SSSR count). The van der Waals surface area contributed by atoms with Crippen LogP contribution in [-0.2, 0) is 42.9 Å². The smallest absolute Gasteiger partial charge is 0.335 e. The lowest BCUT2D eigenvalue weighted by Crippen LogP contribution is -2.61. The predicted octanol–water partition coefficient (Wildman–Crippen LogP) is 14.8. The number of carboxylic acid groups (broad SMARTS) is 1. The lowest BCUT2D eigenvalue weighted by atomic mass is 9.98. The summed E-state index contributed by atoms with van der Waals surface area (Å²) in [5, 5.41) is 31.4. The van der Waals surface area contributed by atoms with Crippen LogP contribution in [0.1, 0.15) is 252 Å². The number of carboxylic acids is 1. The number of ether oxygens (including phenoxy) is 5. The molecule has 1 aliphatic rings. The Morgan fingerprint density at radius 3 is 1.36 bits per heavy atom. The van der Waals surface area contributed by atoms with Gasteiger partial charge in [0, 0.05) is 19.3 Å². The number of aliphatic carboxylic acids is 1. The van der Waals surface area contributed by atoms with Crippen LogP contribution in [0.15, 0.2) is 60.8 Å². The van der Waals surface area contributed by atoms with Crippen molar-refractivity contribution >= 4 is 23.9 Å². The van der Waals surface area contributed by atoms with Crippen LogP contribution in [0.5, 0.6) is 0 Å². The van der Waals surface area contributed by atoms with Crippen molar-refractivity contribution < 1.29 is 58.2 Å². The van der Waals surface area contributed by atoms with E-state index >= 15 is 0 Å². The Morgan fingerprint density at radius 1 is 0.466 bits per heavy atom. The highest BCUT2D eigenvalue weighted by atomic mass is 16.7. The number of aliphatic hydroxyl groups excluding tert-OH is 2. The molecule has 1 fully saturated rings. The molecule has 6 atom stereocenters. The zero-order valence-electron chi connectivity index (χ0n) is 46.1. The fourth-order valence-electron chi connectivity index (χ4n) is 8.59. The van der Waals surface area contributed by atoms with Gasteiger partial charge in [-0.3, -0.25) is 14.4 Å². The third-order valence-electron chi connectivity index (χ3n) is 13.1. The summed E-state index contributed by atoms with van der Waals surface area (Å²) in [4.78, 5) is 51.0. The summed E-state index contributed by atoms with van der Waals surface area (Å²) in [5.41, 5.74) is 0. The molecule has 12 heteroatoms. The lowest BCUT2D eigenvalue weighted by molar-refractivity contribution is -0.301. The third-order valence-corrected chi connectivity index (χ3v) is 13.1. The van der Waals surface area contributed by atoms with Crippen molar-refractivity contribution in [1.29, 1.82) is 0 Å². The van der Waals surface area contributed by atoms with Crippen LogP contribution >= 0.6 is 0 Å². The fraction of sp³-hybridized carbons (Fsp3) is 0.770. The number of allylic oxidation sites excluding steroid dienone is 10. The number of esters is 3. The van der Waals surface area contributed by atoms with Gasteiger partial charge in [0.25, 0.3) is 0 Å². The van der Waals surface area contributed by atoms with Crippen LogP contribution in [0.3, 0.4) is 0 Å². The number of aliphatic hydroxyl groups is 2. The molecule has 73 heavy (non-hydrogen) atoms. The zero-order chi connectivity index (χ0) is 53.3. The van der Waals surface area contributed by atoms with E-state index in [-0.39, 0.29) is 25.9 Å². The van der Waals surface area contributed by atoms with Gasteiger partial charge in [-0.2, -0.15) is 0 Å². The molecule has 1 heterocycles. The van der Waals surface area contributed by atoms with Crippen molar-refractivity contribution in [3.8, 4) is 0 Å². The molecule has 0 amide bonds. The van der Waals surface area contributed by atoms with Gasteiger partial charge in [-0.15, -0.1) is 0 Å². The van der Waals surface area contributed by atoms with E-state index in [0.29, 0.717) is 25.7 Å². The van der Waals surface area contributed by atoms with Crippen molar-refractivity contribution in [3.63, 3.8) is 0 Å². The van der Waals surface area contributed by atoms with E-state index in [1.165, 1.54) is 116 Å². The summed E-state index contributed by atoms with van der Waals surface area (Å²) in [5.74, 6) is -3.17. The number of carbonyl (C=O) groups is 4. The Hall–Kier alpha value is -3.58. The number of unbranched alkanes of at least 4 members (excludes halogenated alkanes) is 25. The first-order valence-corrected chi connectivity index (χ1v) is 29.3. The van der Waals surface area contributed by atoms with E-state index in [9.17, 15) is 34.5 Å². The van der Waals surface area contributed by atoms with E-state index in [0.717, 1.165) is 70.6 Å². The van der Waals surface area contributed by atoms with E-state index in [1.807, 2.05) is 0 Å². The van der Waals surface area contributed by atoms with Gasteiger partial charge in [-0.25, -0.2) is 4.79 Å². The second kappa shape index (κ2) is 49.3. The van der Waals surface area contributed by atoms with E-state index in [1.54, 1.807) is 0 Å². The van der Waals surface area contributed by atoms with Gasteiger partial charge < -0.3 is 39.0 Å². The third kappa shape index (κ3) is 39.5. The Kier molecular flexibility index (Phi) is 45.5. The minimum atomic E-state index is -1.92. The van der Waals surface area contributed by atoms with E-state index < -0.39 is 67.3 Å². The van der Waals surface area contributed by atoms with Crippen LogP contribution in [-0.4, -0.2) is 89.2 Å². The minimum Gasteiger partial charge on any atom is -0.479 e. The molecular weight excluding hydrogens is 925 g/mol. The van der Waals surface area contributed by atoms with Gasteiger partial charge in [0.05, 0.1) is 6.61 Å². The van der Waals surface area contributed by atoms with Crippen LogP contribution in [0, 0.1) is 0 Å². The van der Waals surface area contributed by atoms with Crippen LogP contribution < -0.4 is 0 Å². The van der Waals surface area contributed by atoms with Crippen LogP contribution in [0.4, 0.5) is 0 Å². The van der Waals surface area contributed by atoms with Gasteiger partial charge >= 0.3 is 23.9 Å². The molecule has 0 aromatic rings. The molecule has 0 aromatic heterocycles. The molecule has 0 aromatic carbocycles. The fourth-order valence-corrected chi connectivity index (χ4v) is 8.59. The normalized spacial score (nSPS) is 18.7. The average Bonchev–Trinajstić information content (AvgIpc) is 3.37. The summed E-state index contributed by atoms with van der Waals surface area (Å²) < 4.78 is 28.3. The quantitative estimate of drug-likeness (QED) is 0.0228. The van der Waals surface area contributed by atoms with Crippen molar-refractivity contribution in [2.45, 2.75) is 289 Å². The molecule has 12 nitrogen and oxygen atoms in total. The first kappa shape index (κ1) is 67.4. The van der Waals surface area contributed by atoms with Crippen LogP contribution in [0.2, 0.25) is 0 Å². The summed E-state index contributed by atoms with van der Waals surface area (Å²) in [6.07, 6.45) is 47.8. The van der Waals surface area contributed by atoms with Crippen molar-refractivity contribution in [1.82, 2.24) is 0 Å². The Labute approximate surface area is 443 Å². The molecule has 420 valence electrons. The van der Waals surface area contributed by atoms with E-state index in [4.69, 9.17) is 23.7 Å². The summed E-state index contributed by atoms with van der Waals surface area (Å²) in [7, 11) is 0. The Balaban J connectivity index is 2.65. The summed E-state index contributed by atoms with van der Waals surface area (Å²) in [6, 6.07) is 0. The largest absolute Gasteiger partial charge is 0.479 e. The topological polar surface area (TPSA) is 175 Å². The molecule has 1 saturated heterocycles. The maximum Gasteiger partial charge on any atom is 0.335 e. The Bertz CT molecular complexity index is 1500. The second-order valence-electron chi connectivity index (χ2n) is 19.9. The Morgan fingerprint density at radius 2 is 0.863 bits per heavy atom. The maximum absolute atomic E-state index is 13.1. The molecule has 0 radical (unpaired) electrons. The van der Waals surface area contributed by atoms with Gasteiger partial charge in [0.2, 0.25) is 0 Å². The van der Waals surface area contributed by atoms with Crippen molar-refractivity contribution in [2.24, 2.45) is 0 Å². The predicted molar refractivity (Wildman–Crippen MR) is 294 cm³/mol. The first-order valence-electron chi connectivity index (χ1n) is 29.3. The van der Waals surface area contributed by atoms with Crippen LogP contribution in [0.25, 0.3) is 0 Å². The molecule has 6 unspecified atom stereocenters. The van der Waals surface area contributed by atoms with Gasteiger partial charge in [0.1, 0.15) is 18.8 Å². The highest BCUT2D eigenvalue weighted by molar-refractivity contribution is 5.74. The zero-order valence-corrected chi connectivity index (χ0v) is 46.1. The lowest BCUT2D eigenvalue weighted by Gasteiger charge is -2.40. The number of rotatable bonds is 49. The second-order valence-corrected chi connectivity index (χ2v) is 19.9. The highest BCUT2D eigenvalue weighted by Crippen LogP contribution is 2.26. The number of carbonyl (C=O) groups excluding carboxylic acids is 3. The number of hydrogen-bond acceptors (Lipinski definition) is 11. The van der Waals surface area contributed by atoms with Gasteiger partial charge in [0.15, 0.2) is 24.6 Å². The molecule has 0 bridgehead atoms. The molecule has 3 N–H and O–H groups in total. The van der Waals surface area contributed by atoms with Gasteiger partial charge in [-0.05, 0) is 83.5 Å². The van der Waals surface area contributed by atoms with Crippen molar-refractivity contribution in [2.75, 3.05) is 13.2 Å². The monoisotopic (exact) mass is 1030 g/mol. The molecule has 1 aliphatic heterocycles. The first-order chi connectivity index (χ1) is 35.6. The average molecular weight is 1030 g/mol. The SMILES string of the molecule is CC/C=C\C/C=C\C/C=C\C/C=C\CCCCC(=O)OC1C(OCC(COC(=O)CCCCCCCCCCC/C=C\CCCCCCCC)OC(=O)CCCCCCCCCCC)OC(C(=O)O)C(O)C1O. The van der Waals surface area contributed by atoms with Crippen molar-refractivity contribution in [3.05, 3.63) is 60.8 Å². The minimum absolute atomic E-state index is 0.00857. The van der Waals surface area contributed by atoms with Gasteiger partial charge in [-0.1, -0.05) is 210 Å². The maximum atomic E-state index is 13.1. The molecule has 0 saturated carbocycles. The molecular formula is C61H104O12.